The van der Waals surface area contributed by atoms with Gasteiger partial charge in [0.2, 0.25) is 10.0 Å². The van der Waals surface area contributed by atoms with E-state index in [1.807, 2.05) is 0 Å². The molecule has 0 spiro atoms. The fourth-order valence-electron chi connectivity index (χ4n) is 3.48. The Balaban J connectivity index is 2.13. The zero-order chi connectivity index (χ0) is 23.0. The van der Waals surface area contributed by atoms with Gasteiger partial charge in [0.1, 0.15) is 10.6 Å². The minimum absolute atomic E-state index is 0.115. The molecule has 2 N–H and O–H groups in total. The fraction of sp³-hybridized carbons (Fsp3) is 0.0435. The number of rotatable bonds is 5. The molecule has 0 saturated heterocycles. The molecule has 0 aliphatic rings. The van der Waals surface area contributed by atoms with Gasteiger partial charge in [0, 0.05) is 21.2 Å². The Labute approximate surface area is 195 Å². The normalized spacial score (nSPS) is 11.5. The van der Waals surface area contributed by atoms with Gasteiger partial charge in [0.15, 0.2) is 5.78 Å². The first kappa shape index (κ1) is 22.2. The number of sulfonamides is 1. The summed E-state index contributed by atoms with van der Waals surface area (Å²) < 4.78 is 26.0. The summed E-state index contributed by atoms with van der Waals surface area (Å²) in [4.78, 5) is 12.7. The van der Waals surface area contributed by atoms with Gasteiger partial charge >= 0.3 is 0 Å². The highest BCUT2D eigenvalue weighted by Gasteiger charge is 2.27. The molecule has 6 nitrogen and oxygen atoms in total. The maximum atomic E-state index is 12.8. The lowest BCUT2D eigenvalue weighted by molar-refractivity contribution is 0.101. The second kappa shape index (κ2) is 8.52. The Morgan fingerprint density at radius 2 is 1.41 bits per heavy atom. The average Bonchev–Trinajstić information content (AvgIpc) is 3.15. The van der Waals surface area contributed by atoms with Crippen molar-refractivity contribution in [2.75, 3.05) is 0 Å². The van der Waals surface area contributed by atoms with Crippen molar-refractivity contribution in [3.05, 3.63) is 88.4 Å². The standard InChI is InChI=1S/C23H17Cl2N3O3S/c1-14(29)21-22(15-6-10-17(24)11-7-15)27-28(23(21)16-8-12-18(25)13-9-16)19-4-2-3-5-20(19)32(26,30)31/h2-13H,1H3,(H2,26,30,31). The Kier molecular flexibility index (Phi) is 5.92. The molecule has 4 aromatic rings. The molecule has 1 heterocycles. The van der Waals surface area contributed by atoms with Crippen LogP contribution in [0.1, 0.15) is 17.3 Å². The molecule has 0 amide bonds. The third-order valence-electron chi connectivity index (χ3n) is 4.87. The number of carbonyl (C=O) groups excluding carboxylic acids is 1. The van der Waals surface area contributed by atoms with Gasteiger partial charge in [-0.25, -0.2) is 18.2 Å². The van der Waals surface area contributed by atoms with Gasteiger partial charge in [-0.3, -0.25) is 4.79 Å². The average molecular weight is 486 g/mol. The van der Waals surface area contributed by atoms with Crippen LogP contribution in [0.2, 0.25) is 10.0 Å². The number of Topliss-reactive ketones (excluding diaryl/α,β-unsaturated/α-hetero) is 1. The van der Waals surface area contributed by atoms with Crippen molar-refractivity contribution < 1.29 is 13.2 Å². The van der Waals surface area contributed by atoms with Crippen molar-refractivity contribution in [2.24, 2.45) is 5.14 Å². The second-order valence-corrected chi connectivity index (χ2v) is 9.47. The van der Waals surface area contributed by atoms with E-state index in [1.54, 1.807) is 66.7 Å². The van der Waals surface area contributed by atoms with Crippen LogP contribution < -0.4 is 5.14 Å². The number of ketones is 1. The third-order valence-corrected chi connectivity index (χ3v) is 6.33. The number of hydrogen-bond donors (Lipinski definition) is 1. The fourth-order valence-corrected chi connectivity index (χ4v) is 4.45. The number of para-hydroxylation sites is 1. The summed E-state index contributed by atoms with van der Waals surface area (Å²) in [6.45, 7) is 1.44. The van der Waals surface area contributed by atoms with Crippen LogP contribution in [0.5, 0.6) is 0 Å². The summed E-state index contributed by atoms with van der Waals surface area (Å²) in [6, 6.07) is 20.0. The third kappa shape index (κ3) is 4.20. The summed E-state index contributed by atoms with van der Waals surface area (Å²) in [5.41, 5.74) is 2.67. The lowest BCUT2D eigenvalue weighted by Gasteiger charge is -2.12. The molecule has 0 atom stereocenters. The van der Waals surface area contributed by atoms with E-state index in [0.29, 0.717) is 38.1 Å². The van der Waals surface area contributed by atoms with Gasteiger partial charge in [-0.05, 0) is 43.3 Å². The number of nitrogens with zero attached hydrogens (tertiary/aromatic N) is 2. The molecule has 0 unspecified atom stereocenters. The SMILES string of the molecule is CC(=O)c1c(-c2ccc(Cl)cc2)nn(-c2ccccc2S(N)(=O)=O)c1-c1ccc(Cl)cc1. The van der Waals surface area contributed by atoms with E-state index < -0.39 is 10.0 Å². The first-order valence-corrected chi connectivity index (χ1v) is 11.7. The number of carbonyl (C=O) groups is 1. The number of aromatic nitrogens is 2. The predicted octanol–water partition coefficient (Wildman–Crippen LogP) is 5.36. The maximum absolute atomic E-state index is 12.8. The lowest BCUT2D eigenvalue weighted by Crippen LogP contribution is -2.16. The molecule has 0 radical (unpaired) electrons. The summed E-state index contributed by atoms with van der Waals surface area (Å²) in [6.07, 6.45) is 0. The highest BCUT2D eigenvalue weighted by molar-refractivity contribution is 7.89. The largest absolute Gasteiger partial charge is 0.294 e. The maximum Gasteiger partial charge on any atom is 0.240 e. The molecule has 1 aromatic heterocycles. The van der Waals surface area contributed by atoms with Gasteiger partial charge in [0.05, 0.1) is 16.9 Å². The minimum atomic E-state index is -4.07. The number of halogens is 2. The Morgan fingerprint density at radius 1 is 0.875 bits per heavy atom. The van der Waals surface area contributed by atoms with Crippen molar-refractivity contribution >= 4 is 39.0 Å². The van der Waals surface area contributed by atoms with Crippen LogP contribution in [-0.4, -0.2) is 24.0 Å². The summed E-state index contributed by atoms with van der Waals surface area (Å²) in [5.74, 6) is -0.237. The van der Waals surface area contributed by atoms with E-state index >= 15 is 0 Å². The Morgan fingerprint density at radius 3 is 1.94 bits per heavy atom. The number of benzene rings is 3. The topological polar surface area (TPSA) is 95.0 Å². The van der Waals surface area contributed by atoms with Gasteiger partial charge in [0.25, 0.3) is 0 Å². The predicted molar refractivity (Wildman–Crippen MR) is 126 cm³/mol. The lowest BCUT2D eigenvalue weighted by atomic mass is 9.99. The quantitative estimate of drug-likeness (QED) is 0.384. The van der Waals surface area contributed by atoms with Crippen LogP contribution in [0, 0.1) is 0 Å². The van der Waals surface area contributed by atoms with Crippen molar-refractivity contribution in [2.45, 2.75) is 11.8 Å². The zero-order valence-corrected chi connectivity index (χ0v) is 19.1. The number of hydrogen-bond acceptors (Lipinski definition) is 4. The van der Waals surface area contributed by atoms with Crippen LogP contribution >= 0.6 is 23.2 Å². The van der Waals surface area contributed by atoms with Crippen LogP contribution in [0.4, 0.5) is 0 Å². The monoisotopic (exact) mass is 485 g/mol. The van der Waals surface area contributed by atoms with Crippen molar-refractivity contribution in [1.29, 1.82) is 0 Å². The minimum Gasteiger partial charge on any atom is -0.294 e. The molecule has 0 aliphatic carbocycles. The summed E-state index contributed by atoms with van der Waals surface area (Å²) in [7, 11) is -4.07. The van der Waals surface area contributed by atoms with Crippen LogP contribution in [0.25, 0.3) is 28.2 Å². The molecule has 162 valence electrons. The molecule has 3 aromatic carbocycles. The first-order chi connectivity index (χ1) is 15.2. The van der Waals surface area contributed by atoms with Crippen molar-refractivity contribution in [3.8, 4) is 28.2 Å². The van der Waals surface area contributed by atoms with Crippen LogP contribution in [-0.2, 0) is 10.0 Å². The molecular weight excluding hydrogens is 469 g/mol. The Hall–Kier alpha value is -2.97. The molecular formula is C23H17Cl2N3O3S. The van der Waals surface area contributed by atoms with E-state index in [1.165, 1.54) is 17.7 Å². The van der Waals surface area contributed by atoms with Gasteiger partial charge in [-0.15, -0.1) is 0 Å². The van der Waals surface area contributed by atoms with Crippen LogP contribution in [0.15, 0.2) is 77.7 Å². The molecule has 4 rings (SSSR count). The van der Waals surface area contributed by atoms with E-state index in [0.717, 1.165) is 0 Å². The van der Waals surface area contributed by atoms with Crippen molar-refractivity contribution in [3.63, 3.8) is 0 Å². The van der Waals surface area contributed by atoms with Crippen LogP contribution in [0.3, 0.4) is 0 Å². The number of primary sulfonamides is 1. The van der Waals surface area contributed by atoms with E-state index in [2.05, 4.69) is 5.10 Å². The highest BCUT2D eigenvalue weighted by atomic mass is 35.5. The molecule has 9 heteroatoms. The van der Waals surface area contributed by atoms with Crippen molar-refractivity contribution in [1.82, 2.24) is 9.78 Å². The molecule has 32 heavy (non-hydrogen) atoms. The first-order valence-electron chi connectivity index (χ1n) is 9.45. The number of nitrogens with two attached hydrogens (primary N) is 1. The van der Waals surface area contributed by atoms with E-state index in [4.69, 9.17) is 28.3 Å². The van der Waals surface area contributed by atoms with E-state index in [9.17, 15) is 13.2 Å². The van der Waals surface area contributed by atoms with Gasteiger partial charge in [-0.1, -0.05) is 59.6 Å². The molecule has 0 aliphatic heterocycles. The second-order valence-electron chi connectivity index (χ2n) is 7.07. The summed E-state index contributed by atoms with van der Waals surface area (Å²) in [5, 5.41) is 11.2. The smallest absolute Gasteiger partial charge is 0.240 e. The van der Waals surface area contributed by atoms with Gasteiger partial charge in [-0.2, -0.15) is 5.10 Å². The molecule has 0 bridgehead atoms. The van der Waals surface area contributed by atoms with Gasteiger partial charge < -0.3 is 0 Å². The molecule has 0 saturated carbocycles. The zero-order valence-electron chi connectivity index (χ0n) is 16.8. The highest BCUT2D eigenvalue weighted by Crippen LogP contribution is 2.36. The van der Waals surface area contributed by atoms with E-state index in [-0.39, 0.29) is 16.4 Å². The molecule has 0 fully saturated rings. The summed E-state index contributed by atoms with van der Waals surface area (Å²) >= 11 is 12.1. The Bertz CT molecular complexity index is 1430.